The van der Waals surface area contributed by atoms with Crippen molar-refractivity contribution in [1.29, 1.82) is 0 Å². The number of aliphatic imine (C=N–C) groups is 2. The Morgan fingerprint density at radius 2 is 1.75 bits per heavy atom. The van der Waals surface area contributed by atoms with Crippen LogP contribution in [0.2, 0.25) is 5.02 Å². The molecule has 16 heavy (non-hydrogen) atoms. The third-order valence-corrected chi connectivity index (χ3v) is 2.01. The molecule has 0 aliphatic rings. The van der Waals surface area contributed by atoms with Crippen molar-refractivity contribution >= 4 is 29.2 Å². The average molecular weight is 240 g/mol. The van der Waals surface area contributed by atoms with Crippen LogP contribution in [0.15, 0.2) is 34.3 Å². The largest absolute Gasteiger partial charge is 0.369 e. The van der Waals surface area contributed by atoms with Crippen LogP contribution < -0.4 is 11.5 Å². The number of halogens is 1. The maximum absolute atomic E-state index is 5.74. The van der Waals surface area contributed by atoms with Crippen LogP contribution in [-0.4, -0.2) is 30.9 Å². The number of benzene rings is 1. The molecule has 0 saturated heterocycles. The van der Waals surface area contributed by atoms with Crippen LogP contribution in [0, 0.1) is 0 Å². The number of guanidine groups is 2. The van der Waals surface area contributed by atoms with E-state index < -0.39 is 0 Å². The SMILES string of the molecule is CN(C)C(N)=NC(N)=Nc1ccc(Cl)cc1. The molecule has 0 bridgehead atoms. The third kappa shape index (κ3) is 3.78. The van der Waals surface area contributed by atoms with Crippen molar-refractivity contribution in [3.05, 3.63) is 29.3 Å². The summed E-state index contributed by atoms with van der Waals surface area (Å²) in [6.07, 6.45) is 0. The average Bonchev–Trinajstić information content (AvgIpc) is 2.21. The molecule has 5 nitrogen and oxygen atoms in total. The molecule has 6 heteroatoms. The molecular weight excluding hydrogens is 226 g/mol. The lowest BCUT2D eigenvalue weighted by Crippen LogP contribution is -2.32. The normalized spacial score (nSPS) is 12.7. The van der Waals surface area contributed by atoms with Crippen LogP contribution in [0.3, 0.4) is 0 Å². The highest BCUT2D eigenvalue weighted by Crippen LogP contribution is 2.15. The number of rotatable bonds is 1. The summed E-state index contributed by atoms with van der Waals surface area (Å²) in [5.41, 5.74) is 11.9. The van der Waals surface area contributed by atoms with Gasteiger partial charge in [-0.05, 0) is 24.3 Å². The van der Waals surface area contributed by atoms with Crippen LogP contribution in [0.4, 0.5) is 5.69 Å². The lowest BCUT2D eigenvalue weighted by molar-refractivity contribution is 0.615. The van der Waals surface area contributed by atoms with Crippen molar-refractivity contribution in [2.75, 3.05) is 14.1 Å². The van der Waals surface area contributed by atoms with Gasteiger partial charge in [-0.1, -0.05) is 11.6 Å². The summed E-state index contributed by atoms with van der Waals surface area (Å²) in [7, 11) is 3.54. The molecule has 1 aromatic rings. The zero-order valence-corrected chi connectivity index (χ0v) is 9.94. The Bertz CT molecular complexity index is 408. The van der Waals surface area contributed by atoms with Gasteiger partial charge in [0.15, 0.2) is 5.96 Å². The Hall–Kier alpha value is -1.75. The van der Waals surface area contributed by atoms with Gasteiger partial charge in [0.25, 0.3) is 0 Å². The van der Waals surface area contributed by atoms with E-state index in [2.05, 4.69) is 9.98 Å². The molecule has 1 aromatic carbocycles. The first kappa shape index (κ1) is 12.3. The molecule has 4 N–H and O–H groups in total. The summed E-state index contributed by atoms with van der Waals surface area (Å²) in [5, 5.41) is 0.647. The van der Waals surface area contributed by atoms with Gasteiger partial charge in [0.05, 0.1) is 5.69 Å². The number of nitrogens with zero attached hydrogens (tertiary/aromatic N) is 3. The maximum Gasteiger partial charge on any atom is 0.223 e. The summed E-state index contributed by atoms with van der Waals surface area (Å²) < 4.78 is 0. The zero-order chi connectivity index (χ0) is 12.1. The molecular formula is C10H14ClN5. The van der Waals surface area contributed by atoms with Gasteiger partial charge < -0.3 is 16.4 Å². The van der Waals surface area contributed by atoms with Gasteiger partial charge in [-0.15, -0.1) is 0 Å². The minimum atomic E-state index is 0.105. The van der Waals surface area contributed by atoms with E-state index in [4.69, 9.17) is 23.1 Å². The molecule has 0 fully saturated rings. The molecule has 0 aliphatic carbocycles. The lowest BCUT2D eigenvalue weighted by atomic mass is 10.3. The fourth-order valence-electron chi connectivity index (χ4n) is 0.890. The molecule has 0 amide bonds. The van der Waals surface area contributed by atoms with Crippen LogP contribution in [0.25, 0.3) is 0 Å². The first-order valence-corrected chi connectivity index (χ1v) is 4.98. The van der Waals surface area contributed by atoms with Gasteiger partial charge in [0.1, 0.15) is 0 Å². The molecule has 0 unspecified atom stereocenters. The quantitative estimate of drug-likeness (QED) is 0.570. The predicted octanol–water partition coefficient (Wildman–Crippen LogP) is 1.16. The molecule has 0 radical (unpaired) electrons. The monoisotopic (exact) mass is 239 g/mol. The topological polar surface area (TPSA) is 80.0 Å². The zero-order valence-electron chi connectivity index (χ0n) is 9.18. The number of hydrogen-bond donors (Lipinski definition) is 2. The molecule has 0 heterocycles. The molecule has 1 rings (SSSR count). The van der Waals surface area contributed by atoms with Crippen molar-refractivity contribution in [3.8, 4) is 0 Å². The molecule has 0 aliphatic heterocycles. The van der Waals surface area contributed by atoms with Gasteiger partial charge in [-0.25, -0.2) is 4.99 Å². The van der Waals surface area contributed by atoms with Gasteiger partial charge in [0, 0.05) is 19.1 Å². The van der Waals surface area contributed by atoms with Crippen molar-refractivity contribution in [1.82, 2.24) is 4.90 Å². The molecule has 0 aromatic heterocycles. The van der Waals surface area contributed by atoms with E-state index in [0.29, 0.717) is 16.7 Å². The number of hydrogen-bond acceptors (Lipinski definition) is 1. The Balaban J connectivity index is 2.85. The third-order valence-electron chi connectivity index (χ3n) is 1.76. The molecule has 0 saturated carbocycles. The molecule has 86 valence electrons. The highest BCUT2D eigenvalue weighted by molar-refractivity contribution is 6.30. The maximum atomic E-state index is 5.74. The molecule has 0 atom stereocenters. The standard InChI is InChI=1S/C10H14ClN5/c1-16(2)10(13)15-9(12)14-8-5-3-7(11)4-6-8/h3-6H,1-2H3,(H4,12,13,14,15). The highest BCUT2D eigenvalue weighted by Gasteiger charge is 1.96. The van der Waals surface area contributed by atoms with E-state index in [9.17, 15) is 0 Å². The van der Waals surface area contributed by atoms with E-state index in [-0.39, 0.29) is 5.96 Å². The lowest BCUT2D eigenvalue weighted by Gasteiger charge is -2.09. The summed E-state index contributed by atoms with van der Waals surface area (Å²) in [6.45, 7) is 0. The summed E-state index contributed by atoms with van der Waals surface area (Å²) >= 11 is 5.74. The van der Waals surface area contributed by atoms with Crippen molar-refractivity contribution in [2.45, 2.75) is 0 Å². The van der Waals surface area contributed by atoms with Gasteiger partial charge in [0.2, 0.25) is 5.96 Å². The summed E-state index contributed by atoms with van der Waals surface area (Å²) in [6, 6.07) is 6.95. The number of nitrogens with two attached hydrogens (primary N) is 2. The Labute approximate surface area is 99.4 Å². The Kier molecular flexibility index (Phi) is 4.13. The minimum absolute atomic E-state index is 0.105. The van der Waals surface area contributed by atoms with E-state index >= 15 is 0 Å². The van der Waals surface area contributed by atoms with Crippen molar-refractivity contribution < 1.29 is 0 Å². The minimum Gasteiger partial charge on any atom is -0.369 e. The van der Waals surface area contributed by atoms with E-state index in [0.717, 1.165) is 0 Å². The van der Waals surface area contributed by atoms with E-state index in [1.807, 2.05) is 0 Å². The second-order valence-corrected chi connectivity index (χ2v) is 3.75. The predicted molar refractivity (Wildman–Crippen MR) is 68.0 cm³/mol. The second-order valence-electron chi connectivity index (χ2n) is 3.31. The highest BCUT2D eigenvalue weighted by atomic mass is 35.5. The first-order valence-electron chi connectivity index (χ1n) is 4.60. The summed E-state index contributed by atoms with van der Waals surface area (Å²) in [5.74, 6) is 0.406. The fourth-order valence-corrected chi connectivity index (χ4v) is 1.02. The van der Waals surface area contributed by atoms with E-state index in [1.54, 1.807) is 43.3 Å². The van der Waals surface area contributed by atoms with Crippen molar-refractivity contribution in [3.63, 3.8) is 0 Å². The fraction of sp³-hybridized carbons (Fsp3) is 0.200. The Morgan fingerprint density at radius 3 is 2.25 bits per heavy atom. The first-order chi connectivity index (χ1) is 7.49. The second kappa shape index (κ2) is 5.37. The van der Waals surface area contributed by atoms with Gasteiger partial charge >= 0.3 is 0 Å². The van der Waals surface area contributed by atoms with Crippen LogP contribution in [-0.2, 0) is 0 Å². The summed E-state index contributed by atoms with van der Waals surface area (Å²) in [4.78, 5) is 9.62. The smallest absolute Gasteiger partial charge is 0.223 e. The van der Waals surface area contributed by atoms with Crippen molar-refractivity contribution in [2.24, 2.45) is 21.5 Å². The molecule has 0 spiro atoms. The van der Waals surface area contributed by atoms with Crippen LogP contribution >= 0.6 is 11.6 Å². The Morgan fingerprint density at radius 1 is 1.19 bits per heavy atom. The van der Waals surface area contributed by atoms with Gasteiger partial charge in [-0.3, -0.25) is 0 Å². The van der Waals surface area contributed by atoms with Crippen LogP contribution in [0.5, 0.6) is 0 Å². The van der Waals surface area contributed by atoms with Crippen LogP contribution in [0.1, 0.15) is 0 Å². The van der Waals surface area contributed by atoms with Gasteiger partial charge in [-0.2, -0.15) is 4.99 Å². The van der Waals surface area contributed by atoms with E-state index in [1.165, 1.54) is 0 Å².